The summed E-state index contributed by atoms with van der Waals surface area (Å²) >= 11 is 11.2. The largest absolute Gasteiger partial charge is 0.344 e. The Morgan fingerprint density at radius 2 is 2.12 bits per heavy atom. The van der Waals surface area contributed by atoms with Crippen molar-refractivity contribution < 1.29 is 0 Å². The fourth-order valence-electron chi connectivity index (χ4n) is 1.60. The zero-order chi connectivity index (χ0) is 12.4. The molecular weight excluding hydrogens is 320 g/mol. The maximum atomic E-state index is 6.20. The molecule has 5 heteroatoms. The Kier molecular flexibility index (Phi) is 4.07. The summed E-state index contributed by atoms with van der Waals surface area (Å²) in [6, 6.07) is 8.11. The zero-order valence-electron chi connectivity index (χ0n) is 9.52. The van der Waals surface area contributed by atoms with Crippen molar-refractivity contribution in [3.63, 3.8) is 0 Å². The van der Waals surface area contributed by atoms with Crippen LogP contribution in [0.4, 0.5) is 5.13 Å². The number of anilines is 1. The molecule has 1 aromatic heterocycles. The van der Waals surface area contributed by atoms with E-state index in [4.69, 9.17) is 11.6 Å². The summed E-state index contributed by atoms with van der Waals surface area (Å²) in [7, 11) is 2.03. The molecule has 0 bridgehead atoms. The SMILES string of the molecule is CC(c1ccccc1Cl)N(C)c1nc(Br)cs1. The highest BCUT2D eigenvalue weighted by Crippen LogP contribution is 2.32. The van der Waals surface area contributed by atoms with Gasteiger partial charge in [0.25, 0.3) is 0 Å². The van der Waals surface area contributed by atoms with E-state index in [2.05, 4.69) is 32.7 Å². The summed E-state index contributed by atoms with van der Waals surface area (Å²) in [4.78, 5) is 6.53. The molecule has 0 fully saturated rings. The average molecular weight is 332 g/mol. The third-order valence-corrected chi connectivity index (χ3v) is 4.69. The lowest BCUT2D eigenvalue weighted by Crippen LogP contribution is -2.21. The molecule has 90 valence electrons. The summed E-state index contributed by atoms with van der Waals surface area (Å²) in [5.41, 5.74) is 1.11. The molecular formula is C12H12BrClN2S. The van der Waals surface area contributed by atoms with Crippen LogP contribution in [0.5, 0.6) is 0 Å². The molecule has 17 heavy (non-hydrogen) atoms. The van der Waals surface area contributed by atoms with Gasteiger partial charge in [0.2, 0.25) is 0 Å². The molecule has 0 saturated carbocycles. The fraction of sp³-hybridized carbons (Fsp3) is 0.250. The molecule has 1 atom stereocenters. The van der Waals surface area contributed by atoms with Crippen LogP contribution in [0.3, 0.4) is 0 Å². The van der Waals surface area contributed by atoms with Gasteiger partial charge in [0.05, 0.1) is 6.04 Å². The summed E-state index contributed by atoms with van der Waals surface area (Å²) in [5, 5.41) is 3.75. The van der Waals surface area contributed by atoms with Gasteiger partial charge in [0, 0.05) is 17.5 Å². The lowest BCUT2D eigenvalue weighted by Gasteiger charge is -2.25. The van der Waals surface area contributed by atoms with Gasteiger partial charge in [0.1, 0.15) is 4.60 Å². The monoisotopic (exact) mass is 330 g/mol. The summed E-state index contributed by atoms with van der Waals surface area (Å²) < 4.78 is 0.871. The van der Waals surface area contributed by atoms with Crippen molar-refractivity contribution in [2.24, 2.45) is 0 Å². The molecule has 0 spiro atoms. The smallest absolute Gasteiger partial charge is 0.186 e. The maximum Gasteiger partial charge on any atom is 0.186 e. The van der Waals surface area contributed by atoms with Gasteiger partial charge in [-0.05, 0) is 34.5 Å². The van der Waals surface area contributed by atoms with Crippen molar-refractivity contribution in [1.29, 1.82) is 0 Å². The van der Waals surface area contributed by atoms with E-state index in [-0.39, 0.29) is 6.04 Å². The Balaban J connectivity index is 2.26. The van der Waals surface area contributed by atoms with Gasteiger partial charge in [-0.2, -0.15) is 0 Å². The van der Waals surface area contributed by atoms with Crippen LogP contribution < -0.4 is 4.90 Å². The van der Waals surface area contributed by atoms with Crippen LogP contribution in [0.1, 0.15) is 18.5 Å². The first kappa shape index (κ1) is 12.9. The Hall–Kier alpha value is -0.580. The van der Waals surface area contributed by atoms with Crippen molar-refractivity contribution in [2.45, 2.75) is 13.0 Å². The van der Waals surface area contributed by atoms with Crippen LogP contribution in [0, 0.1) is 0 Å². The van der Waals surface area contributed by atoms with Crippen LogP contribution in [0.15, 0.2) is 34.2 Å². The van der Waals surface area contributed by atoms with E-state index in [1.165, 1.54) is 0 Å². The number of hydrogen-bond acceptors (Lipinski definition) is 3. The van der Waals surface area contributed by atoms with Crippen LogP contribution in [0.25, 0.3) is 0 Å². The molecule has 0 aliphatic carbocycles. The van der Waals surface area contributed by atoms with E-state index in [9.17, 15) is 0 Å². The first-order valence-electron chi connectivity index (χ1n) is 5.18. The molecule has 0 amide bonds. The van der Waals surface area contributed by atoms with Gasteiger partial charge in [-0.15, -0.1) is 11.3 Å². The van der Waals surface area contributed by atoms with Crippen molar-refractivity contribution in [2.75, 3.05) is 11.9 Å². The number of benzene rings is 1. The molecule has 0 N–H and O–H groups in total. The number of nitrogens with zero attached hydrogens (tertiary/aromatic N) is 2. The predicted octanol–water partition coefficient (Wildman–Crippen LogP) is 4.76. The van der Waals surface area contributed by atoms with Gasteiger partial charge in [-0.1, -0.05) is 29.8 Å². The summed E-state index contributed by atoms with van der Waals surface area (Å²) in [5.74, 6) is 0. The van der Waals surface area contributed by atoms with Crippen LogP contribution in [-0.4, -0.2) is 12.0 Å². The second-order valence-corrected chi connectivity index (χ2v) is 5.82. The fourth-order valence-corrected chi connectivity index (χ4v) is 3.19. The Morgan fingerprint density at radius 3 is 2.71 bits per heavy atom. The lowest BCUT2D eigenvalue weighted by atomic mass is 10.1. The molecule has 2 rings (SSSR count). The first-order chi connectivity index (χ1) is 8.09. The van der Waals surface area contributed by atoms with E-state index < -0.39 is 0 Å². The average Bonchev–Trinajstić information content (AvgIpc) is 2.75. The van der Waals surface area contributed by atoms with Crippen LogP contribution in [0.2, 0.25) is 5.02 Å². The zero-order valence-corrected chi connectivity index (χ0v) is 12.7. The molecule has 1 unspecified atom stereocenters. The van der Waals surface area contributed by atoms with E-state index in [0.717, 1.165) is 20.3 Å². The molecule has 1 aromatic carbocycles. The highest BCUT2D eigenvalue weighted by atomic mass is 79.9. The minimum atomic E-state index is 0.196. The number of thiazole rings is 1. The first-order valence-corrected chi connectivity index (χ1v) is 7.23. The third-order valence-electron chi connectivity index (χ3n) is 2.70. The van der Waals surface area contributed by atoms with Gasteiger partial charge in [0.15, 0.2) is 5.13 Å². The van der Waals surface area contributed by atoms with Crippen LogP contribution in [-0.2, 0) is 0 Å². The van der Waals surface area contributed by atoms with Crippen molar-refractivity contribution in [3.05, 3.63) is 44.8 Å². The minimum Gasteiger partial charge on any atom is -0.344 e. The summed E-state index contributed by atoms with van der Waals surface area (Å²) in [6.45, 7) is 2.12. The molecule has 0 aliphatic heterocycles. The molecule has 1 heterocycles. The molecule has 2 aromatic rings. The van der Waals surface area contributed by atoms with Gasteiger partial charge in [-0.25, -0.2) is 4.98 Å². The Bertz CT molecular complexity index is 515. The quantitative estimate of drug-likeness (QED) is 0.806. The third kappa shape index (κ3) is 2.81. The summed E-state index contributed by atoms with van der Waals surface area (Å²) in [6.07, 6.45) is 0. The van der Waals surface area contributed by atoms with E-state index in [1.54, 1.807) is 11.3 Å². The van der Waals surface area contributed by atoms with Crippen LogP contribution >= 0.6 is 38.9 Å². The second-order valence-electron chi connectivity index (χ2n) is 3.76. The van der Waals surface area contributed by atoms with Gasteiger partial charge < -0.3 is 4.90 Å². The number of rotatable bonds is 3. The molecule has 0 aliphatic rings. The number of aromatic nitrogens is 1. The highest BCUT2D eigenvalue weighted by molar-refractivity contribution is 9.10. The minimum absolute atomic E-state index is 0.196. The molecule has 0 radical (unpaired) electrons. The van der Waals surface area contributed by atoms with Crippen molar-refractivity contribution in [1.82, 2.24) is 4.98 Å². The number of hydrogen-bond donors (Lipinski definition) is 0. The Morgan fingerprint density at radius 1 is 1.41 bits per heavy atom. The Labute approximate surface area is 118 Å². The van der Waals surface area contributed by atoms with Crippen molar-refractivity contribution >= 4 is 44.0 Å². The van der Waals surface area contributed by atoms with E-state index in [1.807, 2.05) is 36.7 Å². The van der Waals surface area contributed by atoms with E-state index in [0.29, 0.717) is 0 Å². The van der Waals surface area contributed by atoms with Gasteiger partial charge in [-0.3, -0.25) is 0 Å². The maximum absolute atomic E-state index is 6.20. The topological polar surface area (TPSA) is 16.1 Å². The highest BCUT2D eigenvalue weighted by Gasteiger charge is 2.17. The van der Waals surface area contributed by atoms with Crippen molar-refractivity contribution in [3.8, 4) is 0 Å². The lowest BCUT2D eigenvalue weighted by molar-refractivity contribution is 0.736. The number of halogens is 2. The normalized spacial score (nSPS) is 12.5. The standard InChI is InChI=1S/C12H12BrClN2S/c1-8(9-5-3-4-6-10(9)14)16(2)12-15-11(13)7-17-12/h3-8H,1-2H3. The second kappa shape index (κ2) is 5.38. The predicted molar refractivity (Wildman–Crippen MR) is 78.1 cm³/mol. The van der Waals surface area contributed by atoms with E-state index >= 15 is 0 Å². The molecule has 2 nitrogen and oxygen atoms in total. The van der Waals surface area contributed by atoms with Gasteiger partial charge >= 0.3 is 0 Å². The molecule has 0 saturated heterocycles.